The Hall–Kier alpha value is -1.33. The molecule has 0 amide bonds. The Morgan fingerprint density at radius 1 is 1.35 bits per heavy atom. The van der Waals surface area contributed by atoms with Gasteiger partial charge in [0.2, 0.25) is 5.76 Å². The summed E-state index contributed by atoms with van der Waals surface area (Å²) in [5.41, 5.74) is 0. The zero-order valence-corrected chi connectivity index (χ0v) is 11.9. The molecule has 2 aliphatic heterocycles. The molecule has 5 heteroatoms. The van der Waals surface area contributed by atoms with Crippen molar-refractivity contribution in [2.75, 3.05) is 26.2 Å². The van der Waals surface area contributed by atoms with Gasteiger partial charge >= 0.3 is 5.97 Å². The summed E-state index contributed by atoms with van der Waals surface area (Å²) in [6.45, 7) is 6.64. The number of nitrogens with zero attached hydrogens (tertiary/aromatic N) is 2. The highest BCUT2D eigenvalue weighted by molar-refractivity contribution is 5.84. The monoisotopic (exact) mass is 278 g/mol. The maximum atomic E-state index is 10.9. The molecule has 0 aromatic carbocycles. The highest BCUT2D eigenvalue weighted by atomic mass is 16.4. The highest BCUT2D eigenvalue weighted by Crippen LogP contribution is 2.28. The van der Waals surface area contributed by atoms with Gasteiger partial charge in [-0.2, -0.15) is 0 Å². The van der Waals surface area contributed by atoms with Crippen LogP contribution in [-0.4, -0.2) is 53.1 Å². The SMILES string of the molecule is CC(c1ccc(C(=O)O)o1)N1CCCN2CCCC2C1. The molecule has 0 radical (unpaired) electrons. The second-order valence-corrected chi connectivity index (χ2v) is 5.86. The second-order valence-electron chi connectivity index (χ2n) is 5.86. The zero-order chi connectivity index (χ0) is 14.1. The largest absolute Gasteiger partial charge is 0.475 e. The van der Waals surface area contributed by atoms with Gasteiger partial charge < -0.3 is 9.52 Å². The summed E-state index contributed by atoms with van der Waals surface area (Å²) in [5.74, 6) is -0.209. The molecule has 110 valence electrons. The number of carbonyl (C=O) groups is 1. The van der Waals surface area contributed by atoms with Crippen molar-refractivity contribution in [3.63, 3.8) is 0 Å². The van der Waals surface area contributed by atoms with Gasteiger partial charge in [-0.3, -0.25) is 9.80 Å². The third kappa shape index (κ3) is 2.60. The number of fused-ring (bicyclic) bond motifs is 1. The van der Waals surface area contributed by atoms with Gasteiger partial charge in [0.1, 0.15) is 5.76 Å². The molecule has 0 spiro atoms. The van der Waals surface area contributed by atoms with Crippen molar-refractivity contribution in [2.24, 2.45) is 0 Å². The van der Waals surface area contributed by atoms with Gasteiger partial charge in [0.05, 0.1) is 6.04 Å². The van der Waals surface area contributed by atoms with E-state index in [2.05, 4.69) is 16.7 Å². The Labute approximate surface area is 119 Å². The van der Waals surface area contributed by atoms with Crippen LogP contribution in [0, 0.1) is 0 Å². The lowest BCUT2D eigenvalue weighted by molar-refractivity contribution is 0.0655. The molecular weight excluding hydrogens is 256 g/mol. The van der Waals surface area contributed by atoms with E-state index in [-0.39, 0.29) is 11.8 Å². The summed E-state index contributed by atoms with van der Waals surface area (Å²) >= 11 is 0. The molecule has 2 saturated heterocycles. The maximum absolute atomic E-state index is 10.9. The Morgan fingerprint density at radius 3 is 2.90 bits per heavy atom. The van der Waals surface area contributed by atoms with E-state index in [1.807, 2.05) is 0 Å². The van der Waals surface area contributed by atoms with Gasteiger partial charge in [-0.05, 0) is 51.4 Å². The van der Waals surface area contributed by atoms with Crippen LogP contribution < -0.4 is 0 Å². The van der Waals surface area contributed by atoms with Crippen LogP contribution >= 0.6 is 0 Å². The third-order valence-electron chi connectivity index (χ3n) is 4.63. The molecule has 1 aromatic heterocycles. The van der Waals surface area contributed by atoms with Crippen LogP contribution in [0.2, 0.25) is 0 Å². The first kappa shape index (κ1) is 13.6. The van der Waals surface area contributed by atoms with E-state index >= 15 is 0 Å². The molecule has 1 N–H and O–H groups in total. The zero-order valence-electron chi connectivity index (χ0n) is 11.9. The van der Waals surface area contributed by atoms with Crippen LogP contribution in [0.15, 0.2) is 16.5 Å². The second kappa shape index (κ2) is 5.58. The van der Waals surface area contributed by atoms with Crippen LogP contribution in [0.1, 0.15) is 48.5 Å². The summed E-state index contributed by atoms with van der Waals surface area (Å²) in [7, 11) is 0. The predicted molar refractivity (Wildman–Crippen MR) is 74.9 cm³/mol. The number of carboxylic acids is 1. The quantitative estimate of drug-likeness (QED) is 0.918. The average Bonchev–Trinajstić information content (AvgIpc) is 3.03. The summed E-state index contributed by atoms with van der Waals surface area (Å²) in [5, 5.41) is 8.94. The van der Waals surface area contributed by atoms with E-state index < -0.39 is 5.97 Å². The molecular formula is C15H22N2O3. The molecule has 5 nitrogen and oxygen atoms in total. The first-order valence-electron chi connectivity index (χ1n) is 7.46. The fourth-order valence-electron chi connectivity index (χ4n) is 3.46. The van der Waals surface area contributed by atoms with Gasteiger partial charge in [0.25, 0.3) is 0 Å². The molecule has 3 heterocycles. The Bertz CT molecular complexity index is 485. The lowest BCUT2D eigenvalue weighted by Gasteiger charge is -2.29. The number of furan rings is 1. The molecule has 2 atom stereocenters. The Morgan fingerprint density at radius 2 is 2.15 bits per heavy atom. The van der Waals surface area contributed by atoms with E-state index in [0.717, 1.165) is 18.8 Å². The minimum absolute atomic E-state index is 0.0316. The molecule has 0 saturated carbocycles. The fraction of sp³-hybridized carbons (Fsp3) is 0.667. The van der Waals surface area contributed by atoms with Gasteiger partial charge in [-0.1, -0.05) is 0 Å². The Kier molecular flexibility index (Phi) is 3.81. The molecule has 2 unspecified atom stereocenters. The van der Waals surface area contributed by atoms with Crippen LogP contribution in [0.4, 0.5) is 0 Å². The van der Waals surface area contributed by atoms with E-state index in [9.17, 15) is 4.79 Å². The minimum atomic E-state index is -0.999. The van der Waals surface area contributed by atoms with Crippen molar-refractivity contribution in [2.45, 2.75) is 38.3 Å². The first-order chi connectivity index (χ1) is 9.65. The van der Waals surface area contributed by atoms with Crippen molar-refractivity contribution < 1.29 is 14.3 Å². The van der Waals surface area contributed by atoms with Crippen LogP contribution in [0.3, 0.4) is 0 Å². The van der Waals surface area contributed by atoms with Gasteiger partial charge in [-0.25, -0.2) is 4.79 Å². The van der Waals surface area contributed by atoms with Gasteiger partial charge in [0, 0.05) is 19.1 Å². The predicted octanol–water partition coefficient (Wildman–Crippen LogP) is 2.21. The first-order valence-corrected chi connectivity index (χ1v) is 7.46. The molecule has 0 bridgehead atoms. The van der Waals surface area contributed by atoms with E-state index in [1.165, 1.54) is 32.4 Å². The smallest absolute Gasteiger partial charge is 0.371 e. The molecule has 2 aliphatic rings. The fourth-order valence-corrected chi connectivity index (χ4v) is 3.46. The minimum Gasteiger partial charge on any atom is -0.475 e. The lowest BCUT2D eigenvalue weighted by atomic mass is 10.1. The van der Waals surface area contributed by atoms with Crippen molar-refractivity contribution in [3.8, 4) is 0 Å². The maximum Gasteiger partial charge on any atom is 0.371 e. The van der Waals surface area contributed by atoms with Gasteiger partial charge in [0.15, 0.2) is 0 Å². The highest BCUT2D eigenvalue weighted by Gasteiger charge is 2.31. The average molecular weight is 278 g/mol. The summed E-state index contributed by atoms with van der Waals surface area (Å²) in [4.78, 5) is 15.9. The topological polar surface area (TPSA) is 56.9 Å². The van der Waals surface area contributed by atoms with Crippen molar-refractivity contribution in [1.29, 1.82) is 0 Å². The lowest BCUT2D eigenvalue weighted by Crippen LogP contribution is -2.37. The molecule has 0 aliphatic carbocycles. The van der Waals surface area contributed by atoms with Crippen molar-refractivity contribution in [1.82, 2.24) is 9.80 Å². The van der Waals surface area contributed by atoms with Crippen molar-refractivity contribution in [3.05, 3.63) is 23.7 Å². The molecule has 20 heavy (non-hydrogen) atoms. The number of hydrogen-bond donors (Lipinski definition) is 1. The van der Waals surface area contributed by atoms with E-state index in [4.69, 9.17) is 9.52 Å². The molecule has 1 aromatic rings. The normalized spacial score (nSPS) is 26.1. The van der Waals surface area contributed by atoms with E-state index in [1.54, 1.807) is 12.1 Å². The summed E-state index contributed by atoms with van der Waals surface area (Å²) in [6.07, 6.45) is 3.76. The summed E-state index contributed by atoms with van der Waals surface area (Å²) < 4.78 is 5.46. The van der Waals surface area contributed by atoms with Crippen LogP contribution in [0.25, 0.3) is 0 Å². The van der Waals surface area contributed by atoms with Crippen LogP contribution in [-0.2, 0) is 0 Å². The summed E-state index contributed by atoms with van der Waals surface area (Å²) in [6, 6.07) is 4.15. The van der Waals surface area contributed by atoms with Crippen LogP contribution in [0.5, 0.6) is 0 Å². The Balaban J connectivity index is 1.71. The standard InChI is InChI=1S/C15H22N2O3/c1-11(13-5-6-14(20-13)15(18)19)17-9-3-8-16-7-2-4-12(16)10-17/h5-6,11-12H,2-4,7-10H2,1H3,(H,18,19). The number of hydrogen-bond acceptors (Lipinski definition) is 4. The third-order valence-corrected chi connectivity index (χ3v) is 4.63. The number of rotatable bonds is 3. The van der Waals surface area contributed by atoms with E-state index in [0.29, 0.717) is 6.04 Å². The number of carboxylic acid groups (broad SMARTS) is 1. The van der Waals surface area contributed by atoms with Crippen molar-refractivity contribution >= 4 is 5.97 Å². The molecule has 3 rings (SSSR count). The van der Waals surface area contributed by atoms with Gasteiger partial charge in [-0.15, -0.1) is 0 Å². The number of aromatic carboxylic acids is 1. The molecule has 2 fully saturated rings.